The fraction of sp³-hybridized carbons (Fsp3) is 0.939. The third-order valence-corrected chi connectivity index (χ3v) is 7.58. The fourth-order valence-electron chi connectivity index (χ4n) is 5.13. The van der Waals surface area contributed by atoms with Gasteiger partial charge in [0.1, 0.15) is 6.10 Å². The van der Waals surface area contributed by atoms with Crippen LogP contribution in [-0.2, 0) is 14.3 Å². The van der Waals surface area contributed by atoms with Crippen molar-refractivity contribution in [2.45, 2.75) is 200 Å². The van der Waals surface area contributed by atoms with Gasteiger partial charge in [0, 0.05) is 12.8 Å². The molecule has 1 N–H and O–H groups in total. The minimum absolute atomic E-state index is 0.0132. The van der Waals surface area contributed by atoms with Crippen molar-refractivity contribution in [3.8, 4) is 0 Å². The Morgan fingerprint density at radius 1 is 0.486 bits per heavy atom. The quantitative estimate of drug-likeness (QED) is 0.0749. The summed E-state index contributed by atoms with van der Waals surface area (Å²) in [6.07, 6.45) is 32.5. The predicted octanol–water partition coefficient (Wildman–Crippen LogP) is 10.9. The number of carboxylic acid groups (broad SMARTS) is 1. The number of hydrogen-bond acceptors (Lipinski definition) is 3. The van der Waals surface area contributed by atoms with Gasteiger partial charge in [-0.2, -0.15) is 0 Å². The van der Waals surface area contributed by atoms with Crippen molar-refractivity contribution in [3.63, 3.8) is 0 Å². The van der Waals surface area contributed by atoms with E-state index in [0.717, 1.165) is 44.9 Å². The van der Waals surface area contributed by atoms with Crippen LogP contribution >= 0.6 is 0 Å². The van der Waals surface area contributed by atoms with E-state index in [4.69, 9.17) is 9.84 Å². The van der Waals surface area contributed by atoms with Gasteiger partial charge in [-0.3, -0.25) is 9.59 Å². The zero-order valence-electron chi connectivity index (χ0n) is 25.0. The fourth-order valence-corrected chi connectivity index (χ4v) is 5.13. The summed E-state index contributed by atoms with van der Waals surface area (Å²) in [4.78, 5) is 23.2. The van der Waals surface area contributed by atoms with Crippen LogP contribution in [0.15, 0.2) is 0 Å². The van der Waals surface area contributed by atoms with Gasteiger partial charge in [-0.15, -0.1) is 0 Å². The maximum Gasteiger partial charge on any atom is 0.306 e. The monoisotopic (exact) mass is 524 g/mol. The van der Waals surface area contributed by atoms with Crippen LogP contribution in [0.25, 0.3) is 0 Å². The molecule has 37 heavy (non-hydrogen) atoms. The lowest BCUT2D eigenvalue weighted by Gasteiger charge is -2.18. The van der Waals surface area contributed by atoms with Crippen LogP contribution in [0.1, 0.15) is 194 Å². The first-order chi connectivity index (χ1) is 18.1. The second-order valence-electron chi connectivity index (χ2n) is 11.4. The summed E-state index contributed by atoms with van der Waals surface area (Å²) in [5.41, 5.74) is 0. The van der Waals surface area contributed by atoms with E-state index in [2.05, 4.69) is 13.8 Å². The number of hydrogen-bond donors (Lipinski definition) is 1. The van der Waals surface area contributed by atoms with Crippen LogP contribution in [0, 0.1) is 0 Å². The average molecular weight is 525 g/mol. The van der Waals surface area contributed by atoms with Gasteiger partial charge in [-0.25, -0.2) is 0 Å². The van der Waals surface area contributed by atoms with Gasteiger partial charge in [0.05, 0.1) is 0 Å². The van der Waals surface area contributed by atoms with Crippen LogP contribution in [0.4, 0.5) is 0 Å². The molecule has 0 aliphatic carbocycles. The highest BCUT2D eigenvalue weighted by atomic mass is 16.5. The van der Waals surface area contributed by atoms with Crippen molar-refractivity contribution in [2.24, 2.45) is 0 Å². The Hall–Kier alpha value is -1.06. The number of carbonyl (C=O) groups excluding carboxylic acids is 1. The van der Waals surface area contributed by atoms with Crippen molar-refractivity contribution < 1.29 is 19.4 Å². The molecule has 0 rings (SSSR count). The predicted molar refractivity (Wildman–Crippen MR) is 158 cm³/mol. The van der Waals surface area contributed by atoms with Gasteiger partial charge in [-0.1, -0.05) is 142 Å². The highest BCUT2D eigenvalue weighted by molar-refractivity contribution is 5.69. The van der Waals surface area contributed by atoms with Gasteiger partial charge in [-0.05, 0) is 38.5 Å². The van der Waals surface area contributed by atoms with Crippen molar-refractivity contribution in [3.05, 3.63) is 0 Å². The lowest BCUT2D eigenvalue weighted by atomic mass is 10.0. The molecular formula is C33H64O4. The Balaban J connectivity index is 3.94. The maximum atomic E-state index is 12.5. The first-order valence-electron chi connectivity index (χ1n) is 16.5. The number of esters is 1. The lowest BCUT2D eigenvalue weighted by Crippen LogP contribution is -2.18. The molecule has 0 aromatic rings. The second kappa shape index (κ2) is 29.5. The molecule has 0 spiro atoms. The van der Waals surface area contributed by atoms with E-state index in [1.807, 2.05) is 0 Å². The minimum atomic E-state index is -0.722. The standard InChI is InChI=1S/C33H64O4/c1-3-5-7-9-11-13-14-15-17-19-21-26-30-33(36)37-31(28-24-22-25-29-32(34)35)27-23-20-18-16-12-10-8-6-4-2/h31H,3-30H2,1-2H3,(H,34,35). The third-order valence-electron chi connectivity index (χ3n) is 7.58. The number of carboxylic acids is 1. The summed E-state index contributed by atoms with van der Waals surface area (Å²) < 4.78 is 5.89. The van der Waals surface area contributed by atoms with Gasteiger partial charge in [0.15, 0.2) is 0 Å². The molecule has 0 aromatic carbocycles. The number of aliphatic carboxylic acids is 1. The molecule has 0 bridgehead atoms. The van der Waals surface area contributed by atoms with Gasteiger partial charge in [0.25, 0.3) is 0 Å². The van der Waals surface area contributed by atoms with Crippen LogP contribution < -0.4 is 0 Å². The van der Waals surface area contributed by atoms with E-state index in [-0.39, 0.29) is 18.5 Å². The molecule has 4 nitrogen and oxygen atoms in total. The van der Waals surface area contributed by atoms with E-state index in [1.54, 1.807) is 0 Å². The van der Waals surface area contributed by atoms with E-state index in [9.17, 15) is 9.59 Å². The van der Waals surface area contributed by atoms with Crippen molar-refractivity contribution in [1.82, 2.24) is 0 Å². The van der Waals surface area contributed by atoms with E-state index in [0.29, 0.717) is 12.8 Å². The Morgan fingerprint density at radius 3 is 1.22 bits per heavy atom. The molecule has 0 saturated heterocycles. The molecular weight excluding hydrogens is 460 g/mol. The van der Waals surface area contributed by atoms with E-state index < -0.39 is 5.97 Å². The average Bonchev–Trinajstić information content (AvgIpc) is 2.87. The van der Waals surface area contributed by atoms with Crippen molar-refractivity contribution in [1.29, 1.82) is 0 Å². The topological polar surface area (TPSA) is 63.6 Å². The number of rotatable bonds is 30. The molecule has 0 saturated carbocycles. The smallest absolute Gasteiger partial charge is 0.306 e. The Bertz CT molecular complexity index is 491. The van der Waals surface area contributed by atoms with Crippen LogP contribution in [-0.4, -0.2) is 23.1 Å². The van der Waals surface area contributed by atoms with Gasteiger partial charge in [0.2, 0.25) is 0 Å². The molecule has 220 valence electrons. The molecule has 1 unspecified atom stereocenters. The molecule has 0 radical (unpaired) electrons. The highest BCUT2D eigenvalue weighted by Crippen LogP contribution is 2.18. The lowest BCUT2D eigenvalue weighted by molar-refractivity contribution is -0.150. The maximum absolute atomic E-state index is 12.5. The molecule has 0 heterocycles. The number of carbonyl (C=O) groups is 2. The molecule has 0 aliphatic heterocycles. The Labute approximate surface area is 231 Å². The summed E-state index contributed by atoms with van der Waals surface area (Å²) in [5, 5.41) is 8.83. The molecule has 1 atom stereocenters. The zero-order valence-corrected chi connectivity index (χ0v) is 25.0. The largest absolute Gasteiger partial charge is 0.481 e. The van der Waals surface area contributed by atoms with Crippen molar-refractivity contribution >= 4 is 11.9 Å². The molecule has 0 amide bonds. The molecule has 0 aromatic heterocycles. The number of unbranched alkanes of at least 4 members (excludes halogenated alkanes) is 21. The van der Waals surface area contributed by atoms with Crippen LogP contribution in [0.3, 0.4) is 0 Å². The number of ether oxygens (including phenoxy) is 1. The van der Waals surface area contributed by atoms with Gasteiger partial charge >= 0.3 is 11.9 Å². The normalized spacial score (nSPS) is 12.1. The van der Waals surface area contributed by atoms with Crippen LogP contribution in [0.2, 0.25) is 0 Å². The Morgan fingerprint density at radius 2 is 0.811 bits per heavy atom. The SMILES string of the molecule is CCCCCCCCCCCCCCC(=O)OC(CCCCCCCCCCC)CCCCCC(=O)O. The second-order valence-corrected chi connectivity index (χ2v) is 11.4. The highest BCUT2D eigenvalue weighted by Gasteiger charge is 2.14. The summed E-state index contributed by atoms with van der Waals surface area (Å²) in [6, 6.07) is 0. The van der Waals surface area contributed by atoms with E-state index in [1.165, 1.54) is 116 Å². The first kappa shape index (κ1) is 35.9. The molecule has 0 aliphatic rings. The van der Waals surface area contributed by atoms with Crippen molar-refractivity contribution in [2.75, 3.05) is 0 Å². The Kier molecular flexibility index (Phi) is 28.7. The summed E-state index contributed by atoms with van der Waals surface area (Å²) in [5.74, 6) is -0.751. The summed E-state index contributed by atoms with van der Waals surface area (Å²) >= 11 is 0. The van der Waals surface area contributed by atoms with E-state index >= 15 is 0 Å². The molecule has 4 heteroatoms. The summed E-state index contributed by atoms with van der Waals surface area (Å²) in [6.45, 7) is 4.53. The minimum Gasteiger partial charge on any atom is -0.481 e. The summed E-state index contributed by atoms with van der Waals surface area (Å²) in [7, 11) is 0. The zero-order chi connectivity index (χ0) is 27.2. The molecule has 0 fully saturated rings. The van der Waals surface area contributed by atoms with Crippen LogP contribution in [0.5, 0.6) is 0 Å². The third kappa shape index (κ3) is 29.4. The van der Waals surface area contributed by atoms with Gasteiger partial charge < -0.3 is 9.84 Å². The first-order valence-corrected chi connectivity index (χ1v) is 16.5.